The summed E-state index contributed by atoms with van der Waals surface area (Å²) in [6, 6.07) is 2.12. The second-order valence-electron chi connectivity index (χ2n) is 5.72. The quantitative estimate of drug-likeness (QED) is 0.630. The average molecular weight is 286 g/mol. The SMILES string of the molecule is CC=CC(=O)OCCc1c(C)cc2c(c1C)C(=O)C(C)C2. The molecule has 0 aliphatic heterocycles. The highest BCUT2D eigenvalue weighted by molar-refractivity contribution is 6.03. The zero-order valence-electron chi connectivity index (χ0n) is 13.2. The normalized spacial score (nSPS) is 17.3. The van der Waals surface area contributed by atoms with Crippen LogP contribution in [0, 0.1) is 19.8 Å². The van der Waals surface area contributed by atoms with Crippen LogP contribution in [-0.2, 0) is 22.4 Å². The summed E-state index contributed by atoms with van der Waals surface area (Å²) in [5.74, 6) is 0.00851. The number of hydrogen-bond donors (Lipinski definition) is 0. The fourth-order valence-electron chi connectivity index (χ4n) is 3.10. The van der Waals surface area contributed by atoms with Crippen LogP contribution in [-0.4, -0.2) is 18.4 Å². The summed E-state index contributed by atoms with van der Waals surface area (Å²) in [5.41, 5.74) is 5.42. The van der Waals surface area contributed by atoms with Crippen molar-refractivity contribution in [2.75, 3.05) is 6.61 Å². The molecule has 0 spiro atoms. The molecule has 1 aliphatic carbocycles. The van der Waals surface area contributed by atoms with Gasteiger partial charge in [-0.05, 0) is 49.4 Å². The summed E-state index contributed by atoms with van der Waals surface area (Å²) in [4.78, 5) is 23.6. The van der Waals surface area contributed by atoms with E-state index in [4.69, 9.17) is 4.74 Å². The Morgan fingerprint density at radius 2 is 2.14 bits per heavy atom. The van der Waals surface area contributed by atoms with E-state index in [1.54, 1.807) is 13.0 Å². The summed E-state index contributed by atoms with van der Waals surface area (Å²) in [6.07, 6.45) is 4.56. The van der Waals surface area contributed by atoms with E-state index in [2.05, 4.69) is 13.0 Å². The molecular formula is C18H22O3. The molecular weight excluding hydrogens is 264 g/mol. The molecule has 0 radical (unpaired) electrons. The number of carbonyl (C=O) groups is 2. The lowest BCUT2D eigenvalue weighted by Crippen LogP contribution is -2.10. The molecule has 1 atom stereocenters. The van der Waals surface area contributed by atoms with E-state index >= 15 is 0 Å². The lowest BCUT2D eigenvalue weighted by atomic mass is 9.92. The Balaban J connectivity index is 2.18. The monoisotopic (exact) mass is 286 g/mol. The van der Waals surface area contributed by atoms with E-state index in [-0.39, 0.29) is 17.7 Å². The van der Waals surface area contributed by atoms with Gasteiger partial charge in [0.15, 0.2) is 5.78 Å². The fraction of sp³-hybridized carbons (Fsp3) is 0.444. The predicted molar refractivity (Wildman–Crippen MR) is 82.6 cm³/mol. The van der Waals surface area contributed by atoms with Gasteiger partial charge in [0.25, 0.3) is 0 Å². The number of rotatable bonds is 4. The summed E-state index contributed by atoms with van der Waals surface area (Å²) in [6.45, 7) is 8.17. The molecule has 21 heavy (non-hydrogen) atoms. The van der Waals surface area contributed by atoms with E-state index in [1.807, 2.05) is 13.8 Å². The minimum Gasteiger partial charge on any atom is -0.462 e. The largest absolute Gasteiger partial charge is 0.462 e. The standard InChI is InChI=1S/C18H22O3/c1-5-6-16(19)21-8-7-15-11(2)9-14-10-12(3)18(20)17(14)13(15)4/h5-6,9,12H,7-8,10H2,1-4H3. The lowest BCUT2D eigenvalue weighted by Gasteiger charge is -2.14. The highest BCUT2D eigenvalue weighted by Gasteiger charge is 2.30. The van der Waals surface area contributed by atoms with Crippen LogP contribution >= 0.6 is 0 Å². The molecule has 0 amide bonds. The van der Waals surface area contributed by atoms with Gasteiger partial charge in [-0.3, -0.25) is 4.79 Å². The van der Waals surface area contributed by atoms with Crippen molar-refractivity contribution in [1.29, 1.82) is 0 Å². The molecule has 0 fully saturated rings. The van der Waals surface area contributed by atoms with Crippen molar-refractivity contribution < 1.29 is 14.3 Å². The van der Waals surface area contributed by atoms with Crippen molar-refractivity contribution in [1.82, 2.24) is 0 Å². The minimum atomic E-state index is -0.321. The molecule has 0 aromatic heterocycles. The number of Topliss-reactive ketones (excluding diaryl/α,β-unsaturated/α-hetero) is 1. The van der Waals surface area contributed by atoms with Crippen LogP contribution < -0.4 is 0 Å². The number of benzene rings is 1. The van der Waals surface area contributed by atoms with E-state index in [1.165, 1.54) is 11.6 Å². The summed E-state index contributed by atoms with van der Waals surface area (Å²) < 4.78 is 5.15. The van der Waals surface area contributed by atoms with Crippen molar-refractivity contribution in [2.24, 2.45) is 5.92 Å². The van der Waals surface area contributed by atoms with Crippen LogP contribution in [0.4, 0.5) is 0 Å². The van der Waals surface area contributed by atoms with E-state index in [9.17, 15) is 9.59 Å². The second kappa shape index (κ2) is 6.25. The molecule has 0 saturated carbocycles. The molecule has 2 rings (SSSR count). The zero-order valence-corrected chi connectivity index (χ0v) is 13.2. The molecule has 1 aliphatic rings. The number of esters is 1. The topological polar surface area (TPSA) is 43.4 Å². The first kappa shape index (κ1) is 15.5. The van der Waals surface area contributed by atoms with Crippen LogP contribution in [0.3, 0.4) is 0 Å². The minimum absolute atomic E-state index is 0.0841. The Hall–Kier alpha value is -1.90. The first-order valence-corrected chi connectivity index (χ1v) is 7.41. The maximum atomic E-state index is 12.3. The first-order valence-electron chi connectivity index (χ1n) is 7.41. The molecule has 1 unspecified atom stereocenters. The Labute approximate surface area is 126 Å². The third-order valence-electron chi connectivity index (χ3n) is 4.13. The van der Waals surface area contributed by atoms with Crippen LogP contribution in [0.15, 0.2) is 18.2 Å². The van der Waals surface area contributed by atoms with Crippen molar-refractivity contribution in [3.63, 3.8) is 0 Å². The second-order valence-corrected chi connectivity index (χ2v) is 5.72. The average Bonchev–Trinajstić information content (AvgIpc) is 2.69. The number of allylic oxidation sites excluding steroid dienone is 1. The summed E-state index contributed by atoms with van der Waals surface area (Å²) in [5, 5.41) is 0. The molecule has 0 N–H and O–H groups in total. The Morgan fingerprint density at radius 1 is 1.43 bits per heavy atom. The van der Waals surface area contributed by atoms with Gasteiger partial charge in [0, 0.05) is 24.0 Å². The van der Waals surface area contributed by atoms with E-state index in [0.717, 1.165) is 28.7 Å². The number of ether oxygens (including phenoxy) is 1. The molecule has 1 aromatic rings. The number of aryl methyl sites for hydroxylation is 1. The van der Waals surface area contributed by atoms with Crippen LogP contribution in [0.25, 0.3) is 0 Å². The van der Waals surface area contributed by atoms with Crippen LogP contribution in [0.5, 0.6) is 0 Å². The highest BCUT2D eigenvalue weighted by Crippen LogP contribution is 2.32. The van der Waals surface area contributed by atoms with E-state index in [0.29, 0.717) is 13.0 Å². The first-order chi connectivity index (χ1) is 9.95. The number of carbonyl (C=O) groups excluding carboxylic acids is 2. The van der Waals surface area contributed by atoms with Gasteiger partial charge in [0.1, 0.15) is 0 Å². The highest BCUT2D eigenvalue weighted by atomic mass is 16.5. The van der Waals surface area contributed by atoms with Gasteiger partial charge >= 0.3 is 5.97 Å². The van der Waals surface area contributed by atoms with Gasteiger partial charge in [-0.25, -0.2) is 4.79 Å². The molecule has 112 valence electrons. The number of hydrogen-bond acceptors (Lipinski definition) is 3. The molecule has 0 saturated heterocycles. The summed E-state index contributed by atoms with van der Waals surface area (Å²) in [7, 11) is 0. The molecule has 3 nitrogen and oxygen atoms in total. The summed E-state index contributed by atoms with van der Waals surface area (Å²) >= 11 is 0. The maximum absolute atomic E-state index is 12.3. The Morgan fingerprint density at radius 3 is 2.81 bits per heavy atom. The Kier molecular flexibility index (Phi) is 4.61. The van der Waals surface area contributed by atoms with E-state index < -0.39 is 0 Å². The van der Waals surface area contributed by atoms with Gasteiger partial charge in [0.2, 0.25) is 0 Å². The van der Waals surface area contributed by atoms with Gasteiger partial charge in [-0.15, -0.1) is 0 Å². The van der Waals surface area contributed by atoms with Crippen molar-refractivity contribution in [3.8, 4) is 0 Å². The smallest absolute Gasteiger partial charge is 0.330 e. The Bertz CT molecular complexity index is 611. The van der Waals surface area contributed by atoms with Crippen molar-refractivity contribution >= 4 is 11.8 Å². The zero-order chi connectivity index (χ0) is 15.6. The fourth-order valence-corrected chi connectivity index (χ4v) is 3.10. The van der Waals surface area contributed by atoms with Crippen molar-refractivity contribution in [3.05, 3.63) is 46.0 Å². The van der Waals surface area contributed by atoms with Gasteiger partial charge in [-0.1, -0.05) is 19.1 Å². The van der Waals surface area contributed by atoms with Gasteiger partial charge < -0.3 is 4.74 Å². The van der Waals surface area contributed by atoms with Gasteiger partial charge in [0.05, 0.1) is 6.61 Å². The lowest BCUT2D eigenvalue weighted by molar-refractivity contribution is -0.137. The van der Waals surface area contributed by atoms with Gasteiger partial charge in [-0.2, -0.15) is 0 Å². The van der Waals surface area contributed by atoms with Crippen molar-refractivity contribution in [2.45, 2.75) is 40.5 Å². The molecule has 3 heteroatoms. The van der Waals surface area contributed by atoms with Crippen LogP contribution in [0.1, 0.15) is 46.5 Å². The number of ketones is 1. The third kappa shape index (κ3) is 3.07. The molecule has 1 aromatic carbocycles. The molecule has 0 heterocycles. The number of fused-ring (bicyclic) bond motifs is 1. The predicted octanol–water partition coefficient (Wildman–Crippen LogP) is 3.34. The molecule has 0 bridgehead atoms. The maximum Gasteiger partial charge on any atom is 0.330 e. The third-order valence-corrected chi connectivity index (χ3v) is 4.13. The van der Waals surface area contributed by atoms with Crippen LogP contribution in [0.2, 0.25) is 0 Å².